The number of benzene rings is 2. The second-order valence-corrected chi connectivity index (χ2v) is 7.36. The lowest BCUT2D eigenvalue weighted by Crippen LogP contribution is -2.00. The van der Waals surface area contributed by atoms with Crippen molar-refractivity contribution in [2.75, 3.05) is 6.61 Å². The monoisotopic (exact) mass is 422 g/mol. The Balaban J connectivity index is 1.49. The highest BCUT2D eigenvalue weighted by molar-refractivity contribution is 6.30. The number of nitrogens with zero attached hydrogens (tertiary/aromatic N) is 3. The van der Waals surface area contributed by atoms with Gasteiger partial charge in [0.2, 0.25) is 0 Å². The quantitative estimate of drug-likeness (QED) is 0.406. The molecule has 2 N–H and O–H groups in total. The van der Waals surface area contributed by atoms with E-state index >= 15 is 0 Å². The minimum atomic E-state index is 0.503. The number of halogens is 1. The molecule has 6 nitrogen and oxygen atoms in total. The van der Waals surface area contributed by atoms with E-state index in [4.69, 9.17) is 31.5 Å². The minimum absolute atomic E-state index is 0.503. The van der Waals surface area contributed by atoms with Gasteiger partial charge in [-0.3, -0.25) is 4.57 Å². The number of ether oxygens (including phenoxy) is 1. The van der Waals surface area contributed by atoms with Crippen LogP contribution in [0.1, 0.15) is 23.6 Å². The molecule has 0 radical (unpaired) electrons. The number of rotatable bonds is 8. The van der Waals surface area contributed by atoms with Gasteiger partial charge in [-0.25, -0.2) is 4.98 Å². The summed E-state index contributed by atoms with van der Waals surface area (Å²) in [5, 5.41) is 0.684. The number of oxazole rings is 1. The van der Waals surface area contributed by atoms with Crippen LogP contribution >= 0.6 is 11.6 Å². The first kappa shape index (κ1) is 20.2. The summed E-state index contributed by atoms with van der Waals surface area (Å²) in [6, 6.07) is 15.9. The van der Waals surface area contributed by atoms with Crippen molar-refractivity contribution >= 4 is 11.6 Å². The molecule has 154 valence electrons. The van der Waals surface area contributed by atoms with E-state index < -0.39 is 0 Å². The maximum atomic E-state index is 6.12. The Morgan fingerprint density at radius 1 is 1.10 bits per heavy atom. The molecule has 0 aliphatic carbocycles. The summed E-state index contributed by atoms with van der Waals surface area (Å²) in [5.74, 6) is 2.45. The van der Waals surface area contributed by atoms with Gasteiger partial charge in [0.15, 0.2) is 0 Å². The first-order valence-corrected chi connectivity index (χ1v) is 10.2. The summed E-state index contributed by atoms with van der Waals surface area (Å²) < 4.78 is 13.8. The van der Waals surface area contributed by atoms with Crippen molar-refractivity contribution < 1.29 is 9.15 Å². The van der Waals surface area contributed by atoms with E-state index in [0.717, 1.165) is 40.6 Å². The van der Waals surface area contributed by atoms with E-state index in [1.54, 1.807) is 6.20 Å². The van der Waals surface area contributed by atoms with Crippen LogP contribution in [0, 0.1) is 6.92 Å². The SMILES string of the molecule is Cc1nccn1-c1nc(-c2ccc(Cl)cc2)c(CCCOc2ccc(CN)cc2)o1. The highest BCUT2D eigenvalue weighted by atomic mass is 35.5. The summed E-state index contributed by atoms with van der Waals surface area (Å²) in [6.07, 6.45) is 5.05. The number of hydrogen-bond donors (Lipinski definition) is 1. The molecule has 4 aromatic rings. The zero-order chi connectivity index (χ0) is 20.9. The van der Waals surface area contributed by atoms with Crippen molar-refractivity contribution in [3.63, 3.8) is 0 Å². The topological polar surface area (TPSA) is 79.1 Å². The van der Waals surface area contributed by atoms with Gasteiger partial charge in [0.1, 0.15) is 23.0 Å². The van der Waals surface area contributed by atoms with Gasteiger partial charge in [0, 0.05) is 35.9 Å². The van der Waals surface area contributed by atoms with Crippen LogP contribution in [0.25, 0.3) is 17.3 Å². The van der Waals surface area contributed by atoms with Crippen LogP contribution in [-0.2, 0) is 13.0 Å². The van der Waals surface area contributed by atoms with Crippen molar-refractivity contribution in [2.45, 2.75) is 26.3 Å². The second-order valence-electron chi connectivity index (χ2n) is 6.92. The first-order chi connectivity index (χ1) is 14.6. The van der Waals surface area contributed by atoms with Gasteiger partial charge in [0.25, 0.3) is 0 Å². The van der Waals surface area contributed by atoms with Gasteiger partial charge in [0.05, 0.1) is 6.61 Å². The maximum absolute atomic E-state index is 6.12. The largest absolute Gasteiger partial charge is 0.494 e. The predicted molar refractivity (Wildman–Crippen MR) is 117 cm³/mol. The number of imidazole rings is 1. The van der Waals surface area contributed by atoms with Gasteiger partial charge in [-0.2, -0.15) is 4.98 Å². The maximum Gasteiger partial charge on any atom is 0.307 e. The molecule has 0 unspecified atom stereocenters. The Morgan fingerprint density at radius 3 is 2.53 bits per heavy atom. The zero-order valence-corrected chi connectivity index (χ0v) is 17.5. The molecule has 0 aliphatic rings. The Labute approximate surface area is 180 Å². The fourth-order valence-corrected chi connectivity index (χ4v) is 3.30. The van der Waals surface area contributed by atoms with Crippen molar-refractivity contribution in [3.8, 4) is 23.0 Å². The smallest absolute Gasteiger partial charge is 0.307 e. The Kier molecular flexibility index (Phi) is 6.16. The molecule has 0 atom stereocenters. The predicted octanol–water partition coefficient (Wildman–Crippen LogP) is 4.96. The molecule has 2 aromatic heterocycles. The third-order valence-corrected chi connectivity index (χ3v) is 5.06. The van der Waals surface area contributed by atoms with E-state index in [2.05, 4.69) is 4.98 Å². The standard InChI is InChI=1S/C23H23ClN4O2/c1-16-26-12-13-28(16)23-27-22(18-6-8-19(24)9-7-18)21(30-23)3-2-14-29-20-10-4-17(15-25)5-11-20/h4-13H,2-3,14-15,25H2,1H3. The Bertz CT molecular complexity index is 1100. The summed E-state index contributed by atoms with van der Waals surface area (Å²) >= 11 is 6.05. The van der Waals surface area contributed by atoms with Crippen LogP contribution in [0.15, 0.2) is 65.3 Å². The van der Waals surface area contributed by atoms with Crippen LogP contribution in [0.4, 0.5) is 0 Å². The lowest BCUT2D eigenvalue weighted by molar-refractivity contribution is 0.306. The average Bonchev–Trinajstić information content (AvgIpc) is 3.38. The minimum Gasteiger partial charge on any atom is -0.494 e. The van der Waals surface area contributed by atoms with E-state index in [1.807, 2.05) is 66.2 Å². The Morgan fingerprint density at radius 2 is 1.87 bits per heavy atom. The van der Waals surface area contributed by atoms with E-state index in [-0.39, 0.29) is 0 Å². The first-order valence-electron chi connectivity index (χ1n) is 9.82. The summed E-state index contributed by atoms with van der Waals surface area (Å²) in [4.78, 5) is 8.99. The summed E-state index contributed by atoms with van der Waals surface area (Å²) in [7, 11) is 0. The van der Waals surface area contributed by atoms with Gasteiger partial charge in [-0.1, -0.05) is 35.9 Å². The van der Waals surface area contributed by atoms with Crippen molar-refractivity contribution in [1.82, 2.24) is 14.5 Å². The molecular formula is C23H23ClN4O2. The average molecular weight is 423 g/mol. The third-order valence-electron chi connectivity index (χ3n) is 4.81. The molecule has 2 heterocycles. The van der Waals surface area contributed by atoms with E-state index in [9.17, 15) is 0 Å². The zero-order valence-electron chi connectivity index (χ0n) is 16.7. The van der Waals surface area contributed by atoms with Crippen molar-refractivity contribution in [2.24, 2.45) is 5.73 Å². The lowest BCUT2D eigenvalue weighted by Gasteiger charge is -2.07. The fourth-order valence-electron chi connectivity index (χ4n) is 3.17. The molecule has 0 aliphatic heterocycles. The van der Waals surface area contributed by atoms with Gasteiger partial charge < -0.3 is 14.9 Å². The molecule has 0 fully saturated rings. The van der Waals surface area contributed by atoms with Crippen LogP contribution in [0.2, 0.25) is 5.02 Å². The van der Waals surface area contributed by atoms with Gasteiger partial charge in [-0.05, 0) is 43.2 Å². The van der Waals surface area contributed by atoms with E-state index in [0.29, 0.717) is 30.6 Å². The molecule has 7 heteroatoms. The van der Waals surface area contributed by atoms with E-state index in [1.165, 1.54) is 0 Å². The Hall–Kier alpha value is -3.09. The third kappa shape index (κ3) is 4.56. The van der Waals surface area contributed by atoms with Crippen molar-refractivity contribution in [1.29, 1.82) is 0 Å². The number of nitrogens with two attached hydrogens (primary N) is 1. The lowest BCUT2D eigenvalue weighted by atomic mass is 10.1. The number of hydrogen-bond acceptors (Lipinski definition) is 5. The van der Waals surface area contributed by atoms with Crippen LogP contribution in [0.3, 0.4) is 0 Å². The summed E-state index contributed by atoms with van der Waals surface area (Å²) in [5.41, 5.74) is 8.48. The molecule has 0 saturated carbocycles. The molecule has 4 rings (SSSR count). The highest BCUT2D eigenvalue weighted by Gasteiger charge is 2.17. The molecule has 2 aromatic carbocycles. The molecule has 0 spiro atoms. The van der Waals surface area contributed by atoms with Gasteiger partial charge in [-0.15, -0.1) is 0 Å². The van der Waals surface area contributed by atoms with Gasteiger partial charge >= 0.3 is 6.01 Å². The molecule has 0 saturated heterocycles. The fraction of sp³-hybridized carbons (Fsp3) is 0.217. The molecule has 0 bridgehead atoms. The summed E-state index contributed by atoms with van der Waals surface area (Å²) in [6.45, 7) is 3.01. The highest BCUT2D eigenvalue weighted by Crippen LogP contribution is 2.28. The molecular weight excluding hydrogens is 400 g/mol. The van der Waals surface area contributed by atoms with Crippen molar-refractivity contribution in [3.05, 3.63) is 83.1 Å². The normalized spacial score (nSPS) is 11.0. The van der Waals surface area contributed by atoms with Crippen LogP contribution < -0.4 is 10.5 Å². The second kappa shape index (κ2) is 9.15. The molecule has 30 heavy (non-hydrogen) atoms. The number of aryl methyl sites for hydroxylation is 2. The number of aromatic nitrogens is 3. The van der Waals surface area contributed by atoms with Crippen LogP contribution in [-0.4, -0.2) is 21.1 Å². The van der Waals surface area contributed by atoms with Crippen LogP contribution in [0.5, 0.6) is 5.75 Å². The molecule has 0 amide bonds.